The number of benzene rings is 4. The van der Waals surface area contributed by atoms with Gasteiger partial charge in [0.2, 0.25) is 5.91 Å². The lowest BCUT2D eigenvalue weighted by Crippen LogP contribution is -2.39. The molecule has 1 aliphatic heterocycles. The molecular weight excluding hydrogens is 502 g/mol. The van der Waals surface area contributed by atoms with Crippen molar-refractivity contribution in [2.24, 2.45) is 0 Å². The second kappa shape index (κ2) is 12.6. The lowest BCUT2D eigenvalue weighted by Gasteiger charge is -2.37. The lowest BCUT2D eigenvalue weighted by molar-refractivity contribution is -0.131. The van der Waals surface area contributed by atoms with Gasteiger partial charge in [-0.15, -0.1) is 0 Å². The molecule has 1 heterocycles. The van der Waals surface area contributed by atoms with Crippen LogP contribution in [0.2, 0.25) is 0 Å². The van der Waals surface area contributed by atoms with Gasteiger partial charge < -0.3 is 23.8 Å². The van der Waals surface area contributed by atoms with E-state index in [0.29, 0.717) is 49.2 Å². The molecule has 0 saturated heterocycles. The van der Waals surface area contributed by atoms with Crippen LogP contribution in [0.1, 0.15) is 40.8 Å². The summed E-state index contributed by atoms with van der Waals surface area (Å²) in [4.78, 5) is 14.7. The highest BCUT2D eigenvalue weighted by molar-refractivity contribution is 5.74. The Morgan fingerprint density at radius 1 is 0.725 bits per heavy atom. The topological polar surface area (TPSA) is 57.2 Å². The Morgan fingerprint density at radius 2 is 1.32 bits per heavy atom. The molecule has 0 N–H and O–H groups in total. The number of hydrogen-bond acceptors (Lipinski definition) is 5. The van der Waals surface area contributed by atoms with Crippen LogP contribution in [-0.4, -0.2) is 31.6 Å². The third-order valence-electron chi connectivity index (χ3n) is 7.32. The molecule has 1 atom stereocenters. The van der Waals surface area contributed by atoms with Crippen molar-refractivity contribution in [2.45, 2.75) is 39.0 Å². The van der Waals surface area contributed by atoms with Crippen molar-refractivity contribution in [1.82, 2.24) is 4.90 Å². The van der Waals surface area contributed by atoms with Gasteiger partial charge in [-0.1, -0.05) is 66.7 Å². The van der Waals surface area contributed by atoms with Gasteiger partial charge in [-0.2, -0.15) is 0 Å². The van der Waals surface area contributed by atoms with Gasteiger partial charge in [0.1, 0.15) is 13.2 Å². The van der Waals surface area contributed by atoms with E-state index in [1.54, 1.807) is 21.1 Å². The number of carbonyl (C=O) groups excluding carboxylic acids is 1. The molecule has 0 bridgehead atoms. The average Bonchev–Trinajstić information content (AvgIpc) is 2.99. The summed E-state index contributed by atoms with van der Waals surface area (Å²) in [5, 5.41) is 0. The Hall–Kier alpha value is -4.45. The summed E-state index contributed by atoms with van der Waals surface area (Å²) in [6.07, 6.45) is 1.39. The van der Waals surface area contributed by atoms with Gasteiger partial charge in [-0.3, -0.25) is 4.79 Å². The molecule has 1 amide bonds. The molecule has 6 nitrogen and oxygen atoms in total. The molecule has 0 radical (unpaired) electrons. The fourth-order valence-electron chi connectivity index (χ4n) is 5.23. The first-order valence-electron chi connectivity index (χ1n) is 13.5. The maximum atomic E-state index is 12.8. The number of ether oxygens (including phenoxy) is 4. The minimum Gasteiger partial charge on any atom is -0.493 e. The largest absolute Gasteiger partial charge is 0.493 e. The third kappa shape index (κ3) is 6.23. The molecule has 0 saturated carbocycles. The molecule has 4 aromatic rings. The Bertz CT molecular complexity index is 1440. The van der Waals surface area contributed by atoms with Crippen molar-refractivity contribution < 1.29 is 23.7 Å². The molecule has 1 unspecified atom stereocenters. The average molecular weight is 538 g/mol. The van der Waals surface area contributed by atoms with Gasteiger partial charge in [0.15, 0.2) is 23.0 Å². The molecule has 4 aromatic carbocycles. The standard InChI is InChI=1S/C34H35NO5/c1-24(36)35-17-16-28-20-32(38-3)34(40-23-26-12-8-5-9-13-26)21-29(28)30(35)18-27-14-15-31(37-2)33(19-27)39-22-25-10-6-4-7-11-25/h4-15,19-21,30H,16-18,22-23H2,1-3H3. The van der Waals surface area contributed by atoms with Crippen molar-refractivity contribution in [3.8, 4) is 23.0 Å². The molecule has 206 valence electrons. The number of hydrogen-bond donors (Lipinski definition) is 0. The predicted molar refractivity (Wildman–Crippen MR) is 155 cm³/mol. The van der Waals surface area contributed by atoms with Crippen LogP contribution in [0.3, 0.4) is 0 Å². The van der Waals surface area contributed by atoms with Crippen molar-refractivity contribution >= 4 is 5.91 Å². The molecule has 5 rings (SSSR count). The first-order chi connectivity index (χ1) is 19.6. The van der Waals surface area contributed by atoms with E-state index in [0.717, 1.165) is 28.7 Å². The minimum atomic E-state index is -0.151. The van der Waals surface area contributed by atoms with Gasteiger partial charge in [0.05, 0.1) is 20.3 Å². The van der Waals surface area contributed by atoms with Crippen LogP contribution in [-0.2, 0) is 30.8 Å². The molecular formula is C34H35NO5. The SMILES string of the molecule is COc1ccc(CC2c3cc(OCc4ccccc4)c(OC)cc3CCN2C(C)=O)cc1OCc1ccccc1. The zero-order valence-corrected chi connectivity index (χ0v) is 23.3. The summed E-state index contributed by atoms with van der Waals surface area (Å²) in [7, 11) is 3.30. The Labute approximate surface area is 236 Å². The van der Waals surface area contributed by atoms with E-state index in [1.807, 2.05) is 89.8 Å². The molecule has 1 aliphatic rings. The number of amides is 1. The second-order valence-corrected chi connectivity index (χ2v) is 9.92. The summed E-state index contributed by atoms with van der Waals surface area (Å²) >= 11 is 0. The van der Waals surface area contributed by atoms with Crippen LogP contribution in [0, 0.1) is 0 Å². The number of carbonyl (C=O) groups is 1. The first-order valence-corrected chi connectivity index (χ1v) is 13.5. The Kier molecular flexibility index (Phi) is 8.55. The Morgan fingerprint density at radius 3 is 1.90 bits per heavy atom. The van der Waals surface area contributed by atoms with Crippen LogP contribution >= 0.6 is 0 Å². The van der Waals surface area contributed by atoms with E-state index in [9.17, 15) is 4.79 Å². The van der Waals surface area contributed by atoms with Crippen LogP contribution < -0.4 is 18.9 Å². The maximum absolute atomic E-state index is 12.8. The molecule has 0 aliphatic carbocycles. The van der Waals surface area contributed by atoms with Gasteiger partial charge in [0, 0.05) is 13.5 Å². The number of rotatable bonds is 10. The number of nitrogens with zero attached hydrogens (tertiary/aromatic N) is 1. The van der Waals surface area contributed by atoms with Crippen molar-refractivity contribution in [2.75, 3.05) is 20.8 Å². The quantitative estimate of drug-likeness (QED) is 0.230. The van der Waals surface area contributed by atoms with Crippen LogP contribution in [0.15, 0.2) is 91.0 Å². The van der Waals surface area contributed by atoms with E-state index in [2.05, 4.69) is 6.07 Å². The van der Waals surface area contributed by atoms with E-state index >= 15 is 0 Å². The van der Waals surface area contributed by atoms with E-state index in [1.165, 1.54) is 5.56 Å². The molecule has 0 fully saturated rings. The smallest absolute Gasteiger partial charge is 0.219 e. The number of fused-ring (bicyclic) bond motifs is 1. The first kappa shape index (κ1) is 27.1. The fourth-order valence-corrected chi connectivity index (χ4v) is 5.23. The molecule has 0 aromatic heterocycles. The number of methoxy groups -OCH3 is 2. The van der Waals surface area contributed by atoms with Gasteiger partial charge in [-0.05, 0) is 64.9 Å². The third-order valence-corrected chi connectivity index (χ3v) is 7.32. The summed E-state index contributed by atoms with van der Waals surface area (Å²) in [5.41, 5.74) is 5.45. The van der Waals surface area contributed by atoms with Gasteiger partial charge in [0.25, 0.3) is 0 Å². The van der Waals surface area contributed by atoms with E-state index in [-0.39, 0.29) is 11.9 Å². The summed E-state index contributed by atoms with van der Waals surface area (Å²) in [5.74, 6) is 2.77. The normalized spacial score (nSPS) is 14.3. The predicted octanol–water partition coefficient (Wildman–Crippen LogP) is 6.55. The Balaban J connectivity index is 1.44. The van der Waals surface area contributed by atoms with Crippen molar-refractivity contribution in [3.63, 3.8) is 0 Å². The van der Waals surface area contributed by atoms with Crippen LogP contribution in [0.4, 0.5) is 0 Å². The highest BCUT2D eigenvalue weighted by Crippen LogP contribution is 2.41. The minimum absolute atomic E-state index is 0.0484. The highest BCUT2D eigenvalue weighted by atomic mass is 16.5. The highest BCUT2D eigenvalue weighted by Gasteiger charge is 2.31. The van der Waals surface area contributed by atoms with Gasteiger partial charge in [-0.25, -0.2) is 0 Å². The fraction of sp³-hybridized carbons (Fsp3) is 0.265. The van der Waals surface area contributed by atoms with Crippen molar-refractivity contribution in [1.29, 1.82) is 0 Å². The molecule has 40 heavy (non-hydrogen) atoms. The zero-order chi connectivity index (χ0) is 27.9. The maximum Gasteiger partial charge on any atom is 0.219 e. The van der Waals surface area contributed by atoms with Gasteiger partial charge >= 0.3 is 0 Å². The summed E-state index contributed by atoms with van der Waals surface area (Å²) < 4.78 is 23.7. The molecule has 6 heteroatoms. The van der Waals surface area contributed by atoms with Crippen molar-refractivity contribution in [3.05, 3.63) is 119 Å². The second-order valence-electron chi connectivity index (χ2n) is 9.92. The lowest BCUT2D eigenvalue weighted by atomic mass is 9.88. The summed E-state index contributed by atoms with van der Waals surface area (Å²) in [6, 6.07) is 30.0. The van der Waals surface area contributed by atoms with E-state index in [4.69, 9.17) is 18.9 Å². The summed E-state index contributed by atoms with van der Waals surface area (Å²) in [6.45, 7) is 3.15. The van der Waals surface area contributed by atoms with Crippen LogP contribution in [0.5, 0.6) is 23.0 Å². The van der Waals surface area contributed by atoms with E-state index < -0.39 is 0 Å². The molecule has 0 spiro atoms. The van der Waals surface area contributed by atoms with Crippen LogP contribution in [0.25, 0.3) is 0 Å². The monoisotopic (exact) mass is 537 g/mol. The zero-order valence-electron chi connectivity index (χ0n) is 23.3.